The van der Waals surface area contributed by atoms with Gasteiger partial charge < -0.3 is 19.7 Å². The quantitative estimate of drug-likeness (QED) is 0.825. The Hall–Kier alpha value is -2.60. The molecule has 2 N–H and O–H groups in total. The molecule has 6 heteroatoms. The van der Waals surface area contributed by atoms with Gasteiger partial charge in [0.25, 0.3) is 5.91 Å². The monoisotopic (exact) mass is 356 g/mol. The Labute approximate surface area is 152 Å². The average Bonchev–Trinajstić information content (AvgIpc) is 3.14. The summed E-state index contributed by atoms with van der Waals surface area (Å²) < 4.78 is 5.41. The van der Waals surface area contributed by atoms with Crippen LogP contribution in [0.25, 0.3) is 0 Å². The number of rotatable bonds is 4. The molecule has 0 spiro atoms. The summed E-state index contributed by atoms with van der Waals surface area (Å²) in [4.78, 5) is 29.9. The van der Waals surface area contributed by atoms with Crippen LogP contribution in [-0.2, 0) is 16.0 Å². The van der Waals surface area contributed by atoms with Gasteiger partial charge in [-0.3, -0.25) is 4.79 Å². The molecule has 0 bridgehead atoms. The van der Waals surface area contributed by atoms with Crippen LogP contribution in [-0.4, -0.2) is 34.6 Å². The zero-order chi connectivity index (χ0) is 19.0. The lowest BCUT2D eigenvalue weighted by atomic mass is 10.1. The Morgan fingerprint density at radius 1 is 1.23 bits per heavy atom. The SMILES string of the molecule is Cc1[nH]c(C(=O)O[C@H](C)C(=O)N2CCc3ccccc32)c(C)c1[C@@H](C)O. The zero-order valence-electron chi connectivity index (χ0n) is 15.5. The predicted octanol–water partition coefficient (Wildman–Crippen LogP) is 2.82. The maximum Gasteiger partial charge on any atom is 0.355 e. The third-order valence-electron chi connectivity index (χ3n) is 4.90. The summed E-state index contributed by atoms with van der Waals surface area (Å²) in [5, 5.41) is 9.85. The minimum absolute atomic E-state index is 0.236. The molecule has 2 aromatic rings. The number of amides is 1. The molecule has 2 atom stereocenters. The van der Waals surface area contributed by atoms with Crippen molar-refractivity contribution in [2.75, 3.05) is 11.4 Å². The molecule has 1 amide bonds. The summed E-state index contributed by atoms with van der Waals surface area (Å²) in [6.45, 7) is 7.37. The van der Waals surface area contributed by atoms with E-state index in [4.69, 9.17) is 4.74 Å². The van der Waals surface area contributed by atoms with E-state index in [0.29, 0.717) is 17.7 Å². The van der Waals surface area contributed by atoms with E-state index in [2.05, 4.69) is 4.98 Å². The number of para-hydroxylation sites is 1. The van der Waals surface area contributed by atoms with Gasteiger partial charge in [-0.1, -0.05) is 18.2 Å². The topological polar surface area (TPSA) is 82.6 Å². The molecule has 0 saturated heterocycles. The molecule has 0 saturated carbocycles. The summed E-state index contributed by atoms with van der Waals surface area (Å²) in [5.74, 6) is -0.828. The van der Waals surface area contributed by atoms with Crippen molar-refractivity contribution >= 4 is 17.6 Å². The van der Waals surface area contributed by atoms with Crippen molar-refractivity contribution in [2.45, 2.75) is 46.3 Å². The molecule has 1 aromatic carbocycles. The second kappa shape index (κ2) is 6.96. The number of nitrogens with zero attached hydrogens (tertiary/aromatic N) is 1. The zero-order valence-corrected chi connectivity index (χ0v) is 15.5. The number of carbonyl (C=O) groups excluding carboxylic acids is 2. The van der Waals surface area contributed by atoms with Crippen LogP contribution in [0.3, 0.4) is 0 Å². The highest BCUT2D eigenvalue weighted by atomic mass is 16.5. The highest BCUT2D eigenvalue weighted by Gasteiger charge is 2.31. The maximum atomic E-state index is 12.7. The average molecular weight is 356 g/mol. The summed E-state index contributed by atoms with van der Waals surface area (Å²) in [7, 11) is 0. The standard InChI is InChI=1S/C20H24N2O4/c1-11-17(13(3)23)12(2)21-18(11)20(25)26-14(4)19(24)22-10-9-15-7-5-6-8-16(15)22/h5-8,13-14,21,23H,9-10H2,1-4H3/t13-,14-/m1/s1. The van der Waals surface area contributed by atoms with E-state index in [9.17, 15) is 14.7 Å². The van der Waals surface area contributed by atoms with Crippen molar-refractivity contribution in [3.8, 4) is 0 Å². The maximum absolute atomic E-state index is 12.7. The molecule has 138 valence electrons. The first-order valence-corrected chi connectivity index (χ1v) is 8.78. The molecule has 3 rings (SSSR count). The smallest absolute Gasteiger partial charge is 0.355 e. The fourth-order valence-corrected chi connectivity index (χ4v) is 3.65. The van der Waals surface area contributed by atoms with E-state index in [1.165, 1.54) is 0 Å². The number of anilines is 1. The molecule has 26 heavy (non-hydrogen) atoms. The van der Waals surface area contributed by atoms with E-state index >= 15 is 0 Å². The number of aromatic amines is 1. The summed E-state index contributed by atoms with van der Waals surface area (Å²) in [6.07, 6.45) is -0.783. The Kier molecular flexibility index (Phi) is 4.87. The minimum Gasteiger partial charge on any atom is -0.448 e. The molecular formula is C20H24N2O4. The predicted molar refractivity (Wildman–Crippen MR) is 98.3 cm³/mol. The first kappa shape index (κ1) is 18.2. The number of aliphatic hydroxyl groups is 1. The first-order chi connectivity index (χ1) is 12.3. The van der Waals surface area contributed by atoms with Crippen LogP contribution >= 0.6 is 0 Å². The van der Waals surface area contributed by atoms with Gasteiger partial charge in [0.1, 0.15) is 5.69 Å². The van der Waals surface area contributed by atoms with Crippen LogP contribution in [0.4, 0.5) is 5.69 Å². The Balaban J connectivity index is 1.74. The van der Waals surface area contributed by atoms with E-state index < -0.39 is 18.2 Å². The van der Waals surface area contributed by atoms with Crippen LogP contribution in [0.15, 0.2) is 24.3 Å². The lowest BCUT2D eigenvalue weighted by Gasteiger charge is -2.21. The normalized spacial score (nSPS) is 15.5. The number of hydrogen-bond donors (Lipinski definition) is 2. The Bertz CT molecular complexity index is 853. The third-order valence-corrected chi connectivity index (χ3v) is 4.90. The van der Waals surface area contributed by atoms with Crippen LogP contribution in [0.1, 0.15) is 52.8 Å². The van der Waals surface area contributed by atoms with Crippen LogP contribution in [0, 0.1) is 13.8 Å². The van der Waals surface area contributed by atoms with Gasteiger partial charge >= 0.3 is 5.97 Å². The number of carbonyl (C=O) groups is 2. The van der Waals surface area contributed by atoms with Crippen LogP contribution in [0.2, 0.25) is 0 Å². The summed E-state index contributed by atoms with van der Waals surface area (Å²) in [5.41, 5.74) is 4.33. The fraction of sp³-hybridized carbons (Fsp3) is 0.400. The largest absolute Gasteiger partial charge is 0.448 e. The number of benzene rings is 1. The molecule has 0 aliphatic carbocycles. The Morgan fingerprint density at radius 3 is 2.58 bits per heavy atom. The number of nitrogens with one attached hydrogen (secondary N) is 1. The molecule has 1 aliphatic rings. The van der Waals surface area contributed by atoms with Crippen molar-refractivity contribution < 1.29 is 19.4 Å². The number of ether oxygens (including phenoxy) is 1. The second-order valence-corrected chi connectivity index (χ2v) is 6.76. The second-order valence-electron chi connectivity index (χ2n) is 6.76. The van der Waals surface area contributed by atoms with E-state index in [-0.39, 0.29) is 11.6 Å². The number of aryl methyl sites for hydroxylation is 1. The van der Waals surface area contributed by atoms with Crippen molar-refractivity contribution in [1.82, 2.24) is 4.98 Å². The van der Waals surface area contributed by atoms with Crippen LogP contribution in [0.5, 0.6) is 0 Å². The van der Waals surface area contributed by atoms with Gasteiger partial charge in [0.15, 0.2) is 6.10 Å². The fourth-order valence-electron chi connectivity index (χ4n) is 3.65. The van der Waals surface area contributed by atoms with Gasteiger partial charge in [-0.25, -0.2) is 4.79 Å². The van der Waals surface area contributed by atoms with Gasteiger partial charge in [-0.2, -0.15) is 0 Å². The van der Waals surface area contributed by atoms with E-state index in [1.807, 2.05) is 24.3 Å². The van der Waals surface area contributed by atoms with Crippen molar-refractivity contribution in [2.24, 2.45) is 0 Å². The minimum atomic E-state index is -0.897. The van der Waals surface area contributed by atoms with Gasteiger partial charge in [0, 0.05) is 23.5 Å². The molecule has 1 aromatic heterocycles. The van der Waals surface area contributed by atoms with Crippen molar-refractivity contribution in [3.63, 3.8) is 0 Å². The molecule has 6 nitrogen and oxygen atoms in total. The third kappa shape index (κ3) is 3.12. The molecule has 0 radical (unpaired) electrons. The van der Waals surface area contributed by atoms with Gasteiger partial charge in [-0.15, -0.1) is 0 Å². The Morgan fingerprint density at radius 2 is 1.92 bits per heavy atom. The summed E-state index contributed by atoms with van der Waals surface area (Å²) >= 11 is 0. The van der Waals surface area contributed by atoms with Crippen molar-refractivity contribution in [3.05, 3.63) is 52.3 Å². The number of esters is 1. The van der Waals surface area contributed by atoms with E-state index in [0.717, 1.165) is 23.4 Å². The summed E-state index contributed by atoms with van der Waals surface area (Å²) in [6, 6.07) is 7.75. The molecule has 1 aliphatic heterocycles. The highest BCUT2D eigenvalue weighted by molar-refractivity contribution is 6.00. The number of hydrogen-bond acceptors (Lipinski definition) is 4. The van der Waals surface area contributed by atoms with Crippen molar-refractivity contribution in [1.29, 1.82) is 0 Å². The first-order valence-electron chi connectivity index (χ1n) is 8.78. The lowest BCUT2D eigenvalue weighted by molar-refractivity contribution is -0.126. The van der Waals surface area contributed by atoms with Gasteiger partial charge in [0.2, 0.25) is 0 Å². The molecule has 0 unspecified atom stereocenters. The van der Waals surface area contributed by atoms with Gasteiger partial charge in [-0.05, 0) is 51.3 Å². The number of aliphatic hydroxyl groups excluding tert-OH is 1. The van der Waals surface area contributed by atoms with Crippen LogP contribution < -0.4 is 4.90 Å². The van der Waals surface area contributed by atoms with Gasteiger partial charge in [0.05, 0.1) is 6.10 Å². The molecule has 2 heterocycles. The van der Waals surface area contributed by atoms with E-state index in [1.54, 1.807) is 32.6 Å². The molecule has 0 fully saturated rings. The number of H-pyrrole nitrogens is 1. The lowest BCUT2D eigenvalue weighted by Crippen LogP contribution is -2.39. The molecular weight excluding hydrogens is 332 g/mol. The number of aromatic nitrogens is 1. The highest BCUT2D eigenvalue weighted by Crippen LogP contribution is 2.29. The number of fused-ring (bicyclic) bond motifs is 1.